The van der Waals surface area contributed by atoms with Crippen molar-refractivity contribution in [3.05, 3.63) is 12.7 Å². The van der Waals surface area contributed by atoms with Gasteiger partial charge in [0.1, 0.15) is 36.3 Å². The van der Waals surface area contributed by atoms with Crippen molar-refractivity contribution in [2.75, 3.05) is 57.6 Å². The van der Waals surface area contributed by atoms with Crippen LogP contribution in [0.3, 0.4) is 0 Å². The molecule has 0 aromatic carbocycles. The molecule has 356 valence electrons. The molecule has 2 amide bonds. The average Bonchev–Trinajstić information content (AvgIpc) is 3.74. The molecule has 1 aliphatic rings. The van der Waals surface area contributed by atoms with E-state index in [1.54, 1.807) is 0 Å². The summed E-state index contributed by atoms with van der Waals surface area (Å²) in [6.45, 7) is 7.58. The summed E-state index contributed by atoms with van der Waals surface area (Å²) in [6, 6.07) is 0.542. The van der Waals surface area contributed by atoms with Gasteiger partial charge in [0.25, 0.3) is 0 Å². The molecule has 1 saturated heterocycles. The number of aliphatic hydroxyl groups excluding tert-OH is 2. The van der Waals surface area contributed by atoms with Gasteiger partial charge in [-0.3, -0.25) is 27.7 Å². The van der Waals surface area contributed by atoms with Gasteiger partial charge >= 0.3 is 32.3 Å². The number of ether oxygens (including phenoxy) is 1. The molecule has 8 atom stereocenters. The summed E-state index contributed by atoms with van der Waals surface area (Å²) in [5.41, 5.74) is 10.5. The van der Waals surface area contributed by atoms with Gasteiger partial charge in [-0.25, -0.2) is 28.6 Å². The van der Waals surface area contributed by atoms with E-state index >= 15 is 0 Å². The fourth-order valence-electron chi connectivity index (χ4n) is 5.74. The van der Waals surface area contributed by atoms with Crippen LogP contribution >= 0.6 is 35.2 Å². The molecule has 27 nitrogen and oxygen atoms in total. The van der Waals surface area contributed by atoms with E-state index in [1.807, 2.05) is 20.8 Å². The zero-order valence-electron chi connectivity index (χ0n) is 34.6. The lowest BCUT2D eigenvalue weighted by Crippen LogP contribution is -2.46. The first-order valence-corrected chi connectivity index (χ1v) is 26.6. The molecule has 2 aromatic rings. The molecule has 2 aromatic heterocycles. The molecule has 0 bridgehead atoms. The van der Waals surface area contributed by atoms with Crippen molar-refractivity contribution in [3.63, 3.8) is 0 Å². The molecular formula is C30H57N8O19P3SSi. The minimum absolute atomic E-state index is 0.0312. The highest BCUT2D eigenvalue weighted by Crippen LogP contribution is 2.61. The molecule has 1 fully saturated rings. The molecule has 0 radical (unpaired) electrons. The summed E-state index contributed by atoms with van der Waals surface area (Å²) < 4.78 is 79.9. The Morgan fingerprint density at radius 3 is 2.24 bits per heavy atom. The van der Waals surface area contributed by atoms with E-state index in [0.29, 0.717) is 38.0 Å². The first-order chi connectivity index (χ1) is 28.9. The Balaban J connectivity index is 1.44. The Bertz CT molecular complexity index is 1900. The van der Waals surface area contributed by atoms with E-state index in [4.69, 9.17) is 38.5 Å². The predicted octanol–water partition coefficient (Wildman–Crippen LogP) is -0.139. The number of hydrogen-bond acceptors (Lipinski definition) is 21. The zero-order chi connectivity index (χ0) is 46.5. The first kappa shape index (κ1) is 54.3. The molecule has 1 aliphatic heterocycles. The van der Waals surface area contributed by atoms with Crippen LogP contribution in [0.4, 0.5) is 5.82 Å². The summed E-state index contributed by atoms with van der Waals surface area (Å²) in [7, 11) is -19.2. The number of imidazole rings is 1. The van der Waals surface area contributed by atoms with E-state index in [1.165, 1.54) is 25.6 Å². The summed E-state index contributed by atoms with van der Waals surface area (Å²) in [6.07, 6.45) is -6.31. The van der Waals surface area contributed by atoms with Crippen LogP contribution in [0.5, 0.6) is 0 Å². The van der Waals surface area contributed by atoms with Gasteiger partial charge in [-0.1, -0.05) is 13.8 Å². The highest BCUT2D eigenvalue weighted by atomic mass is 32.2. The molecular weight excluding hydrogens is 929 g/mol. The second kappa shape index (κ2) is 23.9. The third-order valence-electron chi connectivity index (χ3n) is 8.66. The van der Waals surface area contributed by atoms with Crippen molar-refractivity contribution in [1.29, 1.82) is 0 Å². The average molecular weight is 987 g/mol. The molecule has 32 heteroatoms. The first-order valence-electron chi connectivity index (χ1n) is 19.1. The minimum Gasteiger partial charge on any atom is -0.386 e. The Hall–Kier alpha value is -2.05. The minimum atomic E-state index is -5.58. The lowest BCUT2D eigenvalue weighted by atomic mass is 9.87. The van der Waals surface area contributed by atoms with E-state index in [-0.39, 0.29) is 41.9 Å². The molecule has 0 saturated carbocycles. The molecule has 12 N–H and O–H groups in total. The quantitative estimate of drug-likeness (QED) is 0.0219. The Morgan fingerprint density at radius 2 is 1.63 bits per heavy atom. The smallest absolute Gasteiger partial charge is 0.386 e. The Kier molecular flexibility index (Phi) is 21.0. The van der Waals surface area contributed by atoms with Crippen molar-refractivity contribution in [2.45, 2.75) is 89.5 Å². The Labute approximate surface area is 362 Å². The van der Waals surface area contributed by atoms with Gasteiger partial charge in [-0.2, -0.15) is 4.31 Å². The van der Waals surface area contributed by atoms with Crippen LogP contribution in [0.15, 0.2) is 12.7 Å². The normalized spacial score (nSPS) is 21.6. The van der Waals surface area contributed by atoms with E-state index in [0.717, 1.165) is 17.2 Å². The third-order valence-corrected chi connectivity index (χ3v) is 16.0. The lowest BCUT2D eigenvalue weighted by molar-refractivity contribution is -0.137. The van der Waals surface area contributed by atoms with Gasteiger partial charge in [0.2, 0.25) is 11.8 Å². The maximum Gasteiger partial charge on any atom is 0.501 e. The number of phosphoric acid groups is 3. The van der Waals surface area contributed by atoms with Crippen molar-refractivity contribution in [1.82, 2.24) is 30.2 Å². The van der Waals surface area contributed by atoms with Gasteiger partial charge < -0.3 is 69.9 Å². The standard InChI is InChI=1S/C30H57N8O19P3SSi/c1-6-52-62(53-7-2,54-8-3)14-10-20(31)61-13-12-33-21(39)9-11-34-28(42)25(41)30(4,5)16-51-60(48,49)57-59(46,47)50-15-19-24(56-58(43,44)45)23(40)29(55-19)38-18-37-22-26(32)35-17-36-27(22)38/h17-20,23-25,29,40-41H,6-16,31H2,1-5H3,(H,33,39)(H,34,42)(H,46,47)(H,48,49)(H2,32,35,36)(H2,43,44,45)/t19-,20?,23-,24-,25?,29-/m1/s1. The number of carbonyl (C=O) groups is 2. The summed E-state index contributed by atoms with van der Waals surface area (Å²) in [5.74, 6) is -0.901. The molecule has 0 aliphatic carbocycles. The van der Waals surface area contributed by atoms with E-state index < -0.39 is 93.4 Å². The van der Waals surface area contributed by atoms with Crippen LogP contribution < -0.4 is 22.1 Å². The number of nitrogens with one attached hydrogen (secondary N) is 2. The van der Waals surface area contributed by atoms with Crippen LogP contribution in [-0.4, -0.2) is 152 Å². The van der Waals surface area contributed by atoms with Crippen LogP contribution in [0.1, 0.15) is 53.7 Å². The highest BCUT2D eigenvalue weighted by Gasteiger charge is 2.50. The van der Waals surface area contributed by atoms with Crippen LogP contribution in [0.2, 0.25) is 6.04 Å². The highest BCUT2D eigenvalue weighted by molar-refractivity contribution is 7.99. The zero-order valence-corrected chi connectivity index (χ0v) is 39.1. The summed E-state index contributed by atoms with van der Waals surface area (Å²) >= 11 is 1.44. The van der Waals surface area contributed by atoms with Crippen LogP contribution in [0.25, 0.3) is 11.2 Å². The van der Waals surface area contributed by atoms with Crippen molar-refractivity contribution >= 4 is 72.8 Å². The number of fused-ring (bicyclic) bond motifs is 1. The van der Waals surface area contributed by atoms with Crippen molar-refractivity contribution < 1.29 is 89.0 Å². The second-order valence-corrected chi connectivity index (χ2v) is 22.3. The maximum absolute atomic E-state index is 12.7. The SMILES string of the molecule is CCO[Si](CCC(N)SCCNC(=O)CCNC(=O)C(O)C(C)(C)COP(=O)(O)OP(=O)(O)OC[C@H]1O[C@@H](n2cnc3c(N)ncnc32)[C@H](O)[C@@H]1OP(=O)(O)O)(OCC)OCC. The van der Waals surface area contributed by atoms with Crippen molar-refractivity contribution in [3.8, 4) is 0 Å². The number of amides is 2. The number of hydrogen-bond donors (Lipinski definition) is 10. The number of nitrogens with two attached hydrogens (primary N) is 2. The molecule has 0 spiro atoms. The van der Waals surface area contributed by atoms with Gasteiger partial charge in [0.15, 0.2) is 17.7 Å². The number of anilines is 1. The number of aliphatic hydroxyl groups is 2. The van der Waals surface area contributed by atoms with Crippen molar-refractivity contribution in [2.24, 2.45) is 11.1 Å². The molecule has 3 heterocycles. The Morgan fingerprint density at radius 1 is 1.00 bits per heavy atom. The second-order valence-electron chi connectivity index (χ2n) is 14.0. The largest absolute Gasteiger partial charge is 0.501 e. The predicted molar refractivity (Wildman–Crippen MR) is 220 cm³/mol. The lowest BCUT2D eigenvalue weighted by Gasteiger charge is -2.30. The maximum atomic E-state index is 12.7. The summed E-state index contributed by atoms with van der Waals surface area (Å²) in [4.78, 5) is 76.1. The molecule has 3 rings (SSSR count). The number of aromatic nitrogens is 4. The number of carbonyl (C=O) groups excluding carboxylic acids is 2. The number of phosphoric ester groups is 3. The number of thioether (sulfide) groups is 1. The fraction of sp³-hybridized carbons (Fsp3) is 0.767. The third kappa shape index (κ3) is 16.7. The molecule has 62 heavy (non-hydrogen) atoms. The van der Waals surface area contributed by atoms with Gasteiger partial charge in [0.05, 0.1) is 24.9 Å². The number of nitrogens with zero attached hydrogens (tertiary/aromatic N) is 4. The summed E-state index contributed by atoms with van der Waals surface area (Å²) in [5, 5.41) is 26.4. The topological polar surface area (TPSA) is 400 Å². The number of rotatable bonds is 29. The fourth-order valence-corrected chi connectivity index (χ4v) is 12.3. The van der Waals surface area contributed by atoms with Gasteiger partial charge in [0, 0.05) is 56.5 Å². The number of nitrogen functional groups attached to an aromatic ring is 1. The monoisotopic (exact) mass is 986 g/mol. The van der Waals surface area contributed by atoms with Crippen LogP contribution in [0, 0.1) is 5.41 Å². The molecule has 4 unspecified atom stereocenters. The van der Waals surface area contributed by atoms with Gasteiger partial charge in [-0.15, -0.1) is 11.8 Å². The van der Waals surface area contributed by atoms with E-state index in [9.17, 15) is 53.1 Å². The van der Waals surface area contributed by atoms with E-state index in [2.05, 4.69) is 34.4 Å². The van der Waals surface area contributed by atoms with Gasteiger partial charge in [-0.05, 0) is 27.2 Å². The van der Waals surface area contributed by atoms with Crippen LogP contribution in [-0.2, 0) is 59.2 Å².